The SMILES string of the molecule is CCc1cccc(-c2ccc(CCC=O)cc2)c1.CO. The Bertz CT molecular complexity index is 515. The number of hydrogen-bond acceptors (Lipinski definition) is 2. The molecule has 0 aliphatic rings. The van der Waals surface area contributed by atoms with Crippen LogP contribution in [0.5, 0.6) is 0 Å². The zero-order chi connectivity index (χ0) is 14.8. The average molecular weight is 270 g/mol. The normalized spacial score (nSPS) is 9.55. The Morgan fingerprint density at radius 3 is 2.25 bits per heavy atom. The van der Waals surface area contributed by atoms with Gasteiger partial charge in [0.2, 0.25) is 0 Å². The van der Waals surface area contributed by atoms with Gasteiger partial charge in [-0.2, -0.15) is 0 Å². The van der Waals surface area contributed by atoms with Gasteiger partial charge in [0.25, 0.3) is 0 Å². The molecule has 2 nitrogen and oxygen atoms in total. The number of aliphatic hydroxyl groups is 1. The maximum atomic E-state index is 10.3. The van der Waals surface area contributed by atoms with Crippen molar-refractivity contribution in [1.82, 2.24) is 0 Å². The summed E-state index contributed by atoms with van der Waals surface area (Å²) in [7, 11) is 1.00. The van der Waals surface area contributed by atoms with Crippen molar-refractivity contribution < 1.29 is 9.90 Å². The van der Waals surface area contributed by atoms with E-state index in [0.717, 1.165) is 26.2 Å². The second kappa shape index (κ2) is 9.05. The lowest BCUT2D eigenvalue weighted by Crippen LogP contribution is -1.87. The van der Waals surface area contributed by atoms with Crippen LogP contribution in [0, 0.1) is 0 Å². The summed E-state index contributed by atoms with van der Waals surface area (Å²) in [6, 6.07) is 17.1. The summed E-state index contributed by atoms with van der Waals surface area (Å²) < 4.78 is 0. The molecule has 0 saturated carbocycles. The number of aryl methyl sites for hydroxylation is 2. The van der Waals surface area contributed by atoms with E-state index >= 15 is 0 Å². The molecule has 0 heterocycles. The molecule has 0 radical (unpaired) electrons. The van der Waals surface area contributed by atoms with Crippen molar-refractivity contribution in [2.75, 3.05) is 7.11 Å². The third-order valence-corrected chi connectivity index (χ3v) is 3.17. The summed E-state index contributed by atoms with van der Waals surface area (Å²) >= 11 is 0. The Morgan fingerprint density at radius 2 is 1.65 bits per heavy atom. The van der Waals surface area contributed by atoms with Crippen LogP contribution in [0.15, 0.2) is 48.5 Å². The molecular formula is C18H22O2. The number of carbonyl (C=O) groups is 1. The van der Waals surface area contributed by atoms with Gasteiger partial charge in [-0.3, -0.25) is 0 Å². The Balaban J connectivity index is 0.000000956. The van der Waals surface area contributed by atoms with Crippen molar-refractivity contribution in [1.29, 1.82) is 0 Å². The van der Waals surface area contributed by atoms with Crippen molar-refractivity contribution >= 4 is 6.29 Å². The van der Waals surface area contributed by atoms with Crippen molar-refractivity contribution in [2.24, 2.45) is 0 Å². The number of benzene rings is 2. The van der Waals surface area contributed by atoms with Crippen LogP contribution in [-0.4, -0.2) is 18.5 Å². The second-order valence-electron chi connectivity index (χ2n) is 4.46. The number of aldehydes is 1. The van der Waals surface area contributed by atoms with E-state index in [0.29, 0.717) is 6.42 Å². The zero-order valence-electron chi connectivity index (χ0n) is 12.2. The molecule has 0 atom stereocenters. The zero-order valence-corrected chi connectivity index (χ0v) is 12.2. The van der Waals surface area contributed by atoms with Gasteiger partial charge < -0.3 is 9.90 Å². The van der Waals surface area contributed by atoms with Gasteiger partial charge in [-0.25, -0.2) is 0 Å². The van der Waals surface area contributed by atoms with Gasteiger partial charge in [0.1, 0.15) is 6.29 Å². The predicted octanol–water partition coefficient (Wildman–Crippen LogP) is 3.66. The number of rotatable bonds is 5. The third-order valence-electron chi connectivity index (χ3n) is 3.17. The van der Waals surface area contributed by atoms with Crippen molar-refractivity contribution in [3.05, 3.63) is 59.7 Å². The molecule has 2 heteroatoms. The molecule has 20 heavy (non-hydrogen) atoms. The first-order chi connectivity index (χ1) is 9.83. The summed E-state index contributed by atoms with van der Waals surface area (Å²) in [6.45, 7) is 2.17. The smallest absolute Gasteiger partial charge is 0.120 e. The maximum Gasteiger partial charge on any atom is 0.120 e. The third kappa shape index (κ3) is 4.63. The molecule has 0 aliphatic carbocycles. The summed E-state index contributed by atoms with van der Waals surface area (Å²) in [4.78, 5) is 10.3. The van der Waals surface area contributed by atoms with Crippen LogP contribution in [0.4, 0.5) is 0 Å². The largest absolute Gasteiger partial charge is 0.400 e. The molecular weight excluding hydrogens is 248 g/mol. The fourth-order valence-corrected chi connectivity index (χ4v) is 2.06. The molecule has 0 unspecified atom stereocenters. The molecule has 0 bridgehead atoms. The van der Waals surface area contributed by atoms with Crippen LogP contribution < -0.4 is 0 Å². The first kappa shape index (κ1) is 16.1. The summed E-state index contributed by atoms with van der Waals surface area (Å²) in [5.41, 5.74) is 5.08. The van der Waals surface area contributed by atoms with E-state index in [-0.39, 0.29) is 0 Å². The van der Waals surface area contributed by atoms with E-state index in [9.17, 15) is 4.79 Å². The van der Waals surface area contributed by atoms with E-state index in [4.69, 9.17) is 5.11 Å². The fourth-order valence-electron chi connectivity index (χ4n) is 2.06. The Morgan fingerprint density at radius 1 is 0.950 bits per heavy atom. The summed E-state index contributed by atoms with van der Waals surface area (Å²) in [5.74, 6) is 0. The molecule has 1 N–H and O–H groups in total. The van der Waals surface area contributed by atoms with Gasteiger partial charge >= 0.3 is 0 Å². The van der Waals surface area contributed by atoms with Gasteiger partial charge in [0, 0.05) is 13.5 Å². The van der Waals surface area contributed by atoms with Crippen molar-refractivity contribution in [2.45, 2.75) is 26.2 Å². The lowest BCUT2D eigenvalue weighted by Gasteiger charge is -2.05. The quantitative estimate of drug-likeness (QED) is 0.842. The minimum atomic E-state index is 0.602. The first-order valence-corrected chi connectivity index (χ1v) is 6.90. The van der Waals surface area contributed by atoms with Crippen molar-refractivity contribution in [3.8, 4) is 11.1 Å². The number of carbonyl (C=O) groups excluding carboxylic acids is 1. The molecule has 0 amide bonds. The van der Waals surface area contributed by atoms with Crippen LogP contribution >= 0.6 is 0 Å². The predicted molar refractivity (Wildman–Crippen MR) is 83.8 cm³/mol. The van der Waals surface area contributed by atoms with Crippen LogP contribution in [0.3, 0.4) is 0 Å². The van der Waals surface area contributed by atoms with E-state index in [1.807, 2.05) is 0 Å². The highest BCUT2D eigenvalue weighted by molar-refractivity contribution is 5.64. The van der Waals surface area contributed by atoms with E-state index in [1.165, 1.54) is 22.3 Å². The standard InChI is InChI=1S/C17H18O.CH4O/c1-2-14-5-3-7-17(13-14)16-10-8-15(9-11-16)6-4-12-18;1-2/h3,5,7-13H,2,4,6H2,1H3;2H,1H3. The van der Waals surface area contributed by atoms with E-state index in [1.54, 1.807) is 0 Å². The number of aliphatic hydroxyl groups excluding tert-OH is 1. The molecule has 2 aromatic carbocycles. The van der Waals surface area contributed by atoms with Gasteiger partial charge in [0.15, 0.2) is 0 Å². The lowest BCUT2D eigenvalue weighted by molar-refractivity contribution is -0.107. The fraction of sp³-hybridized carbons (Fsp3) is 0.278. The van der Waals surface area contributed by atoms with Crippen LogP contribution in [0.1, 0.15) is 24.5 Å². The highest BCUT2D eigenvalue weighted by Gasteiger charge is 1.99. The summed E-state index contributed by atoms with van der Waals surface area (Å²) in [5, 5.41) is 7.00. The minimum Gasteiger partial charge on any atom is -0.400 e. The van der Waals surface area contributed by atoms with E-state index < -0.39 is 0 Å². The Hall–Kier alpha value is -1.93. The number of hydrogen-bond donors (Lipinski definition) is 1. The molecule has 0 saturated heterocycles. The van der Waals surface area contributed by atoms with Gasteiger partial charge in [-0.05, 0) is 35.1 Å². The first-order valence-electron chi connectivity index (χ1n) is 6.90. The Labute approximate surface area is 121 Å². The molecule has 0 aromatic heterocycles. The topological polar surface area (TPSA) is 37.3 Å². The van der Waals surface area contributed by atoms with Crippen LogP contribution in [-0.2, 0) is 17.6 Å². The minimum absolute atomic E-state index is 0.602. The molecule has 2 aromatic rings. The van der Waals surface area contributed by atoms with E-state index in [2.05, 4.69) is 55.5 Å². The highest BCUT2D eigenvalue weighted by Crippen LogP contribution is 2.21. The molecule has 0 spiro atoms. The molecule has 2 rings (SSSR count). The van der Waals surface area contributed by atoms with Crippen LogP contribution in [0.25, 0.3) is 11.1 Å². The van der Waals surface area contributed by atoms with Gasteiger partial charge in [0.05, 0.1) is 0 Å². The van der Waals surface area contributed by atoms with Gasteiger partial charge in [-0.1, -0.05) is 55.5 Å². The van der Waals surface area contributed by atoms with Gasteiger partial charge in [-0.15, -0.1) is 0 Å². The lowest BCUT2D eigenvalue weighted by atomic mass is 10.00. The Kier molecular flexibility index (Phi) is 7.30. The maximum absolute atomic E-state index is 10.3. The average Bonchev–Trinajstić information content (AvgIpc) is 2.55. The van der Waals surface area contributed by atoms with Crippen LogP contribution in [0.2, 0.25) is 0 Å². The van der Waals surface area contributed by atoms with Crippen molar-refractivity contribution in [3.63, 3.8) is 0 Å². The highest BCUT2D eigenvalue weighted by atomic mass is 16.2. The summed E-state index contributed by atoms with van der Waals surface area (Å²) in [6.07, 6.45) is 3.47. The molecule has 0 aliphatic heterocycles. The molecule has 106 valence electrons. The second-order valence-corrected chi connectivity index (χ2v) is 4.46. The monoisotopic (exact) mass is 270 g/mol. The molecule has 0 fully saturated rings.